The number of hydrogen-bond acceptors (Lipinski definition) is 2. The van der Waals surface area contributed by atoms with Crippen LogP contribution in [0.15, 0.2) is 18.2 Å². The van der Waals surface area contributed by atoms with Gasteiger partial charge in [0.1, 0.15) is 5.75 Å². The van der Waals surface area contributed by atoms with Gasteiger partial charge in [-0.05, 0) is 48.5 Å². The number of rotatable bonds is 1. The molecule has 0 unspecified atom stereocenters. The molecule has 2 atom stereocenters. The number of ether oxygens (including phenoxy) is 1. The SMILES string of the molecule is C[C@@H]1CNCC[C@@H]1c1ccc2c(c1)CCO2. The van der Waals surface area contributed by atoms with Crippen molar-refractivity contribution in [3.63, 3.8) is 0 Å². The Morgan fingerprint density at radius 1 is 1.38 bits per heavy atom. The Balaban J connectivity index is 1.88. The third kappa shape index (κ3) is 1.71. The smallest absolute Gasteiger partial charge is 0.122 e. The lowest BCUT2D eigenvalue weighted by molar-refractivity contribution is 0.348. The number of hydrogen-bond donors (Lipinski definition) is 1. The van der Waals surface area contributed by atoms with Crippen LogP contribution in [0.1, 0.15) is 30.4 Å². The van der Waals surface area contributed by atoms with Gasteiger partial charge in [0.05, 0.1) is 6.61 Å². The Hall–Kier alpha value is -1.02. The molecule has 1 N–H and O–H groups in total. The number of piperidine rings is 1. The topological polar surface area (TPSA) is 21.3 Å². The fraction of sp³-hybridized carbons (Fsp3) is 0.571. The van der Waals surface area contributed by atoms with Crippen LogP contribution in [0, 0.1) is 5.92 Å². The Morgan fingerprint density at radius 3 is 3.19 bits per heavy atom. The van der Waals surface area contributed by atoms with Crippen molar-refractivity contribution in [2.45, 2.75) is 25.7 Å². The molecule has 16 heavy (non-hydrogen) atoms. The normalized spacial score (nSPS) is 28.6. The van der Waals surface area contributed by atoms with E-state index >= 15 is 0 Å². The van der Waals surface area contributed by atoms with Gasteiger partial charge in [0.15, 0.2) is 0 Å². The van der Waals surface area contributed by atoms with Crippen LogP contribution >= 0.6 is 0 Å². The minimum absolute atomic E-state index is 0.729. The van der Waals surface area contributed by atoms with Crippen molar-refractivity contribution in [2.24, 2.45) is 5.92 Å². The van der Waals surface area contributed by atoms with Gasteiger partial charge in [-0.25, -0.2) is 0 Å². The molecule has 1 fully saturated rings. The predicted octanol–water partition coefficient (Wildman–Crippen LogP) is 2.33. The predicted molar refractivity (Wildman–Crippen MR) is 65.0 cm³/mol. The molecule has 86 valence electrons. The van der Waals surface area contributed by atoms with Gasteiger partial charge < -0.3 is 10.1 Å². The largest absolute Gasteiger partial charge is 0.493 e. The van der Waals surface area contributed by atoms with E-state index in [1.165, 1.54) is 17.5 Å². The van der Waals surface area contributed by atoms with E-state index in [4.69, 9.17) is 4.74 Å². The Morgan fingerprint density at radius 2 is 2.31 bits per heavy atom. The van der Waals surface area contributed by atoms with Crippen LogP contribution in [0.3, 0.4) is 0 Å². The second kappa shape index (κ2) is 4.10. The number of nitrogens with one attached hydrogen (secondary N) is 1. The van der Waals surface area contributed by atoms with Gasteiger partial charge in [0.25, 0.3) is 0 Å². The van der Waals surface area contributed by atoms with Crippen LogP contribution in [0.4, 0.5) is 0 Å². The molecule has 0 radical (unpaired) electrons. The quantitative estimate of drug-likeness (QED) is 0.779. The maximum atomic E-state index is 5.56. The van der Waals surface area contributed by atoms with Crippen molar-refractivity contribution in [3.05, 3.63) is 29.3 Å². The van der Waals surface area contributed by atoms with Gasteiger partial charge in [-0.2, -0.15) is 0 Å². The lowest BCUT2D eigenvalue weighted by Crippen LogP contribution is -2.33. The zero-order valence-electron chi connectivity index (χ0n) is 9.83. The minimum Gasteiger partial charge on any atom is -0.493 e. The minimum atomic E-state index is 0.729. The molecule has 2 heteroatoms. The van der Waals surface area contributed by atoms with Crippen molar-refractivity contribution in [3.8, 4) is 5.75 Å². The third-order valence-corrected chi connectivity index (χ3v) is 3.93. The molecule has 0 bridgehead atoms. The second-order valence-corrected chi connectivity index (χ2v) is 5.04. The molecule has 1 aromatic rings. The first-order chi connectivity index (χ1) is 7.84. The Bertz CT molecular complexity index is 388. The maximum absolute atomic E-state index is 5.56. The highest BCUT2D eigenvalue weighted by Gasteiger charge is 2.24. The standard InChI is InChI=1S/C14H19NO/c1-10-9-15-6-4-13(10)11-2-3-14-12(8-11)5-7-16-14/h2-3,8,10,13,15H,4-7,9H2,1H3/t10-,13+/m1/s1. The second-order valence-electron chi connectivity index (χ2n) is 5.04. The summed E-state index contributed by atoms with van der Waals surface area (Å²) < 4.78 is 5.56. The average molecular weight is 217 g/mol. The third-order valence-electron chi connectivity index (χ3n) is 3.93. The molecule has 0 saturated carbocycles. The van der Waals surface area contributed by atoms with E-state index in [0.717, 1.165) is 43.7 Å². The summed E-state index contributed by atoms with van der Waals surface area (Å²) in [7, 11) is 0. The van der Waals surface area contributed by atoms with Crippen LogP contribution < -0.4 is 10.1 Å². The van der Waals surface area contributed by atoms with Gasteiger partial charge in [0.2, 0.25) is 0 Å². The van der Waals surface area contributed by atoms with E-state index in [9.17, 15) is 0 Å². The molecule has 1 saturated heterocycles. The highest BCUT2D eigenvalue weighted by atomic mass is 16.5. The Kier molecular flexibility index (Phi) is 2.60. The van der Waals surface area contributed by atoms with Gasteiger partial charge in [-0.1, -0.05) is 19.1 Å². The lowest BCUT2D eigenvalue weighted by Gasteiger charge is -2.30. The highest BCUT2D eigenvalue weighted by molar-refractivity contribution is 5.41. The van der Waals surface area contributed by atoms with Crippen LogP contribution in [0.25, 0.3) is 0 Å². The number of fused-ring (bicyclic) bond motifs is 1. The lowest BCUT2D eigenvalue weighted by atomic mass is 9.82. The van der Waals surface area contributed by atoms with Crippen LogP contribution in [0.5, 0.6) is 5.75 Å². The molecule has 3 rings (SSSR count). The highest BCUT2D eigenvalue weighted by Crippen LogP contribution is 2.34. The van der Waals surface area contributed by atoms with E-state index in [1.54, 1.807) is 0 Å². The number of benzene rings is 1. The zero-order valence-corrected chi connectivity index (χ0v) is 9.83. The summed E-state index contributed by atoms with van der Waals surface area (Å²) in [5.41, 5.74) is 2.92. The molecule has 0 amide bonds. The first kappa shape index (κ1) is 10.2. The molecule has 0 spiro atoms. The van der Waals surface area contributed by atoms with Gasteiger partial charge in [-0.3, -0.25) is 0 Å². The monoisotopic (exact) mass is 217 g/mol. The zero-order chi connectivity index (χ0) is 11.0. The molecule has 1 aromatic carbocycles. The van der Waals surface area contributed by atoms with E-state index in [1.807, 2.05) is 0 Å². The molecule has 2 aliphatic heterocycles. The maximum Gasteiger partial charge on any atom is 0.122 e. The molecule has 0 aliphatic carbocycles. The molecule has 2 heterocycles. The van der Waals surface area contributed by atoms with Crippen LogP contribution in [0.2, 0.25) is 0 Å². The van der Waals surface area contributed by atoms with E-state index in [0.29, 0.717) is 0 Å². The van der Waals surface area contributed by atoms with Crippen molar-refractivity contribution in [1.82, 2.24) is 5.32 Å². The fourth-order valence-corrected chi connectivity index (χ4v) is 2.95. The summed E-state index contributed by atoms with van der Waals surface area (Å²) in [6, 6.07) is 6.79. The Labute approximate surface area is 97.0 Å². The molecular weight excluding hydrogens is 198 g/mol. The average Bonchev–Trinajstić information content (AvgIpc) is 2.76. The van der Waals surface area contributed by atoms with Crippen molar-refractivity contribution >= 4 is 0 Å². The molecule has 2 aliphatic rings. The summed E-state index contributed by atoms with van der Waals surface area (Å²) in [5, 5.41) is 3.46. The van der Waals surface area contributed by atoms with Crippen molar-refractivity contribution in [2.75, 3.05) is 19.7 Å². The first-order valence-corrected chi connectivity index (χ1v) is 6.31. The summed E-state index contributed by atoms with van der Waals surface area (Å²) in [6.07, 6.45) is 2.35. The molecule has 0 aromatic heterocycles. The van der Waals surface area contributed by atoms with E-state index < -0.39 is 0 Å². The summed E-state index contributed by atoms with van der Waals surface area (Å²) in [6.45, 7) is 5.52. The summed E-state index contributed by atoms with van der Waals surface area (Å²) in [4.78, 5) is 0. The van der Waals surface area contributed by atoms with Crippen LogP contribution in [-0.4, -0.2) is 19.7 Å². The molecule has 2 nitrogen and oxygen atoms in total. The van der Waals surface area contributed by atoms with Gasteiger partial charge >= 0.3 is 0 Å². The molecular formula is C14H19NO. The van der Waals surface area contributed by atoms with E-state index in [2.05, 4.69) is 30.4 Å². The van der Waals surface area contributed by atoms with Crippen molar-refractivity contribution in [1.29, 1.82) is 0 Å². The first-order valence-electron chi connectivity index (χ1n) is 6.31. The van der Waals surface area contributed by atoms with Gasteiger partial charge in [-0.15, -0.1) is 0 Å². The summed E-state index contributed by atoms with van der Waals surface area (Å²) in [5.74, 6) is 2.58. The van der Waals surface area contributed by atoms with Gasteiger partial charge in [0, 0.05) is 6.42 Å². The van der Waals surface area contributed by atoms with E-state index in [-0.39, 0.29) is 0 Å². The summed E-state index contributed by atoms with van der Waals surface area (Å²) >= 11 is 0. The van der Waals surface area contributed by atoms with Crippen molar-refractivity contribution < 1.29 is 4.74 Å². The van der Waals surface area contributed by atoms with Crippen LogP contribution in [-0.2, 0) is 6.42 Å². The fourth-order valence-electron chi connectivity index (χ4n) is 2.95.